The Morgan fingerprint density at radius 1 is 1.38 bits per heavy atom. The minimum absolute atomic E-state index is 0.0598. The van der Waals surface area contributed by atoms with E-state index >= 15 is 0 Å². The van der Waals surface area contributed by atoms with Gasteiger partial charge in [0.2, 0.25) is 5.13 Å². The average Bonchev–Trinajstić information content (AvgIpc) is 3.29. The maximum atomic E-state index is 12.2. The molecule has 0 spiro atoms. The lowest BCUT2D eigenvalue weighted by Gasteiger charge is -2.19. The Morgan fingerprint density at radius 2 is 2.21 bits per heavy atom. The SMILES string of the molecule is Cc1nnc(N2C[C@H]3[C@H](CNC(=O)c4ccncc4)CO[C@H]3C2)s1. The quantitative estimate of drug-likeness (QED) is 0.895. The van der Waals surface area contributed by atoms with Crippen LogP contribution in [0.15, 0.2) is 24.5 Å². The van der Waals surface area contributed by atoms with E-state index in [1.165, 1.54) is 0 Å². The molecule has 2 saturated heterocycles. The van der Waals surface area contributed by atoms with E-state index in [0.29, 0.717) is 30.6 Å². The number of rotatable bonds is 4. The van der Waals surface area contributed by atoms with E-state index in [0.717, 1.165) is 23.2 Å². The van der Waals surface area contributed by atoms with Crippen molar-refractivity contribution in [3.8, 4) is 0 Å². The van der Waals surface area contributed by atoms with Gasteiger partial charge < -0.3 is 15.0 Å². The summed E-state index contributed by atoms with van der Waals surface area (Å²) in [6.07, 6.45) is 3.47. The lowest BCUT2D eigenvalue weighted by atomic mass is 9.93. The largest absolute Gasteiger partial charge is 0.376 e. The number of nitrogens with one attached hydrogen (secondary N) is 1. The molecule has 2 aliphatic rings. The van der Waals surface area contributed by atoms with Gasteiger partial charge in [0, 0.05) is 49.4 Å². The normalized spacial score (nSPS) is 25.7. The van der Waals surface area contributed by atoms with Gasteiger partial charge in [0.15, 0.2) is 0 Å². The maximum Gasteiger partial charge on any atom is 0.251 e. The van der Waals surface area contributed by atoms with E-state index in [4.69, 9.17) is 4.74 Å². The van der Waals surface area contributed by atoms with Crippen molar-refractivity contribution in [3.05, 3.63) is 35.1 Å². The van der Waals surface area contributed by atoms with Crippen LogP contribution < -0.4 is 10.2 Å². The van der Waals surface area contributed by atoms with E-state index in [-0.39, 0.29) is 12.0 Å². The highest BCUT2D eigenvalue weighted by atomic mass is 32.1. The van der Waals surface area contributed by atoms with Crippen molar-refractivity contribution in [3.63, 3.8) is 0 Å². The first-order valence-electron chi connectivity index (χ1n) is 8.05. The molecule has 2 aromatic rings. The van der Waals surface area contributed by atoms with Gasteiger partial charge in [-0.2, -0.15) is 0 Å². The second kappa shape index (κ2) is 6.45. The lowest BCUT2D eigenvalue weighted by Crippen LogP contribution is -2.34. The molecule has 126 valence electrons. The predicted octanol–water partition coefficient (Wildman–Crippen LogP) is 1.12. The Hall–Kier alpha value is -2.06. The summed E-state index contributed by atoms with van der Waals surface area (Å²) >= 11 is 1.61. The zero-order valence-electron chi connectivity index (χ0n) is 13.4. The number of fused-ring (bicyclic) bond motifs is 1. The van der Waals surface area contributed by atoms with Crippen molar-refractivity contribution in [2.75, 3.05) is 31.1 Å². The van der Waals surface area contributed by atoms with Gasteiger partial charge >= 0.3 is 0 Å². The summed E-state index contributed by atoms with van der Waals surface area (Å²) in [5, 5.41) is 13.3. The van der Waals surface area contributed by atoms with Gasteiger partial charge in [-0.3, -0.25) is 9.78 Å². The molecular formula is C16H19N5O2S. The minimum Gasteiger partial charge on any atom is -0.376 e. The van der Waals surface area contributed by atoms with Crippen LogP contribution >= 0.6 is 11.3 Å². The molecule has 0 radical (unpaired) electrons. The van der Waals surface area contributed by atoms with Crippen LogP contribution in [0.4, 0.5) is 5.13 Å². The molecule has 2 aliphatic heterocycles. The highest BCUT2D eigenvalue weighted by Gasteiger charge is 2.44. The van der Waals surface area contributed by atoms with E-state index < -0.39 is 0 Å². The zero-order chi connectivity index (χ0) is 16.5. The molecule has 0 unspecified atom stereocenters. The number of hydrogen-bond donors (Lipinski definition) is 1. The predicted molar refractivity (Wildman–Crippen MR) is 90.1 cm³/mol. The van der Waals surface area contributed by atoms with E-state index in [2.05, 4.69) is 25.4 Å². The van der Waals surface area contributed by atoms with Crippen molar-refractivity contribution in [1.82, 2.24) is 20.5 Å². The Labute approximate surface area is 144 Å². The van der Waals surface area contributed by atoms with Crippen molar-refractivity contribution in [1.29, 1.82) is 0 Å². The van der Waals surface area contributed by atoms with Gasteiger partial charge in [-0.25, -0.2) is 0 Å². The molecule has 1 N–H and O–H groups in total. The molecule has 0 saturated carbocycles. The maximum absolute atomic E-state index is 12.2. The highest BCUT2D eigenvalue weighted by Crippen LogP contribution is 2.36. The number of amides is 1. The molecular weight excluding hydrogens is 326 g/mol. The molecule has 2 fully saturated rings. The van der Waals surface area contributed by atoms with Crippen LogP contribution in [-0.4, -0.2) is 53.4 Å². The number of nitrogens with zero attached hydrogens (tertiary/aromatic N) is 4. The van der Waals surface area contributed by atoms with Crippen LogP contribution in [0.1, 0.15) is 15.4 Å². The van der Waals surface area contributed by atoms with Crippen LogP contribution in [0.2, 0.25) is 0 Å². The van der Waals surface area contributed by atoms with Gasteiger partial charge in [-0.15, -0.1) is 10.2 Å². The molecule has 7 nitrogen and oxygen atoms in total. The minimum atomic E-state index is -0.0598. The number of ether oxygens (including phenoxy) is 1. The number of aryl methyl sites for hydroxylation is 1. The molecule has 3 atom stereocenters. The molecule has 4 heterocycles. The van der Waals surface area contributed by atoms with Crippen LogP contribution in [0.3, 0.4) is 0 Å². The Balaban J connectivity index is 1.35. The van der Waals surface area contributed by atoms with E-state index in [9.17, 15) is 4.79 Å². The second-order valence-electron chi connectivity index (χ2n) is 6.25. The lowest BCUT2D eigenvalue weighted by molar-refractivity contribution is 0.0939. The van der Waals surface area contributed by atoms with Gasteiger partial charge in [0.1, 0.15) is 5.01 Å². The molecule has 2 aromatic heterocycles. The summed E-state index contributed by atoms with van der Waals surface area (Å²) in [7, 11) is 0. The number of anilines is 1. The first-order valence-corrected chi connectivity index (χ1v) is 8.87. The topological polar surface area (TPSA) is 80.2 Å². The number of hydrogen-bond acceptors (Lipinski definition) is 7. The average molecular weight is 345 g/mol. The molecule has 1 amide bonds. The third-order valence-electron chi connectivity index (χ3n) is 4.69. The summed E-state index contributed by atoms with van der Waals surface area (Å²) < 4.78 is 5.94. The summed E-state index contributed by atoms with van der Waals surface area (Å²) in [6.45, 7) is 5.06. The first-order chi connectivity index (χ1) is 11.7. The third kappa shape index (κ3) is 2.99. The second-order valence-corrected chi connectivity index (χ2v) is 7.41. The Kier molecular flexibility index (Phi) is 4.15. The summed E-state index contributed by atoms with van der Waals surface area (Å²) in [4.78, 5) is 18.4. The molecule has 4 rings (SSSR count). The van der Waals surface area contributed by atoms with E-state index in [1.54, 1.807) is 35.9 Å². The standard InChI is InChI=1S/C16H19N5O2S/c1-10-19-20-16(24-10)21-7-13-12(9-23-14(13)8-21)6-18-15(22)11-2-4-17-5-3-11/h2-5,12-14H,6-9H2,1H3,(H,18,22)/t12-,13+,14+/m1/s1. The summed E-state index contributed by atoms with van der Waals surface area (Å²) in [5.74, 6) is 0.696. The third-order valence-corrected chi connectivity index (χ3v) is 5.59. The van der Waals surface area contributed by atoms with Gasteiger partial charge in [-0.1, -0.05) is 11.3 Å². The van der Waals surface area contributed by atoms with Crippen LogP contribution in [0.25, 0.3) is 0 Å². The summed E-state index contributed by atoms with van der Waals surface area (Å²) in [6, 6.07) is 3.44. The van der Waals surface area contributed by atoms with Crippen molar-refractivity contribution in [2.45, 2.75) is 13.0 Å². The molecule has 24 heavy (non-hydrogen) atoms. The van der Waals surface area contributed by atoms with Crippen LogP contribution in [0, 0.1) is 18.8 Å². The van der Waals surface area contributed by atoms with Crippen LogP contribution in [-0.2, 0) is 4.74 Å². The fourth-order valence-electron chi connectivity index (χ4n) is 3.41. The fraction of sp³-hybridized carbons (Fsp3) is 0.500. The Bertz CT molecular complexity index is 722. The molecule has 8 heteroatoms. The Morgan fingerprint density at radius 3 is 2.96 bits per heavy atom. The van der Waals surface area contributed by atoms with Crippen LogP contribution in [0.5, 0.6) is 0 Å². The smallest absolute Gasteiger partial charge is 0.251 e. The number of aromatic nitrogens is 3. The molecule has 0 bridgehead atoms. The molecule has 0 aromatic carbocycles. The van der Waals surface area contributed by atoms with Crippen molar-refractivity contribution in [2.24, 2.45) is 11.8 Å². The zero-order valence-corrected chi connectivity index (χ0v) is 14.2. The number of carbonyl (C=O) groups excluding carboxylic acids is 1. The number of carbonyl (C=O) groups is 1. The highest BCUT2D eigenvalue weighted by molar-refractivity contribution is 7.15. The molecule has 0 aliphatic carbocycles. The first kappa shape index (κ1) is 15.5. The monoisotopic (exact) mass is 345 g/mol. The summed E-state index contributed by atoms with van der Waals surface area (Å²) in [5.41, 5.74) is 0.637. The number of pyridine rings is 1. The van der Waals surface area contributed by atoms with Gasteiger partial charge in [-0.05, 0) is 19.1 Å². The fourth-order valence-corrected chi connectivity index (χ4v) is 4.11. The van der Waals surface area contributed by atoms with Crippen molar-refractivity contribution >= 4 is 22.4 Å². The van der Waals surface area contributed by atoms with E-state index in [1.807, 2.05) is 6.92 Å². The van der Waals surface area contributed by atoms with Crippen molar-refractivity contribution < 1.29 is 9.53 Å². The van der Waals surface area contributed by atoms with Gasteiger partial charge in [0.05, 0.1) is 12.7 Å². The van der Waals surface area contributed by atoms with Gasteiger partial charge in [0.25, 0.3) is 5.91 Å².